The van der Waals surface area contributed by atoms with Gasteiger partial charge in [-0.2, -0.15) is 0 Å². The van der Waals surface area contributed by atoms with Crippen LogP contribution in [0.2, 0.25) is 0 Å². The fourth-order valence-electron chi connectivity index (χ4n) is 1.18. The van der Waals surface area contributed by atoms with Crippen LogP contribution in [0.3, 0.4) is 0 Å². The molecule has 0 aromatic carbocycles. The van der Waals surface area contributed by atoms with Crippen LogP contribution in [-0.2, 0) is 13.6 Å². The first-order valence-corrected chi connectivity index (χ1v) is 5.15. The van der Waals surface area contributed by atoms with Crippen LogP contribution in [0, 0.1) is 0 Å². The summed E-state index contributed by atoms with van der Waals surface area (Å²) in [4.78, 5) is 0. The Labute approximate surface area is 74.7 Å². The summed E-state index contributed by atoms with van der Waals surface area (Å²) in [7, 11) is 2.08. The van der Waals surface area contributed by atoms with E-state index in [1.54, 1.807) is 14.2 Å². The van der Waals surface area contributed by atoms with Crippen molar-refractivity contribution in [1.29, 1.82) is 0 Å². The van der Waals surface area contributed by atoms with Gasteiger partial charge in [-0.05, 0) is 24.8 Å². The van der Waals surface area contributed by atoms with Gasteiger partial charge in [-0.15, -0.1) is 0 Å². The summed E-state index contributed by atoms with van der Waals surface area (Å²) in [5.41, 5.74) is 1.37. The lowest BCUT2D eigenvalue weighted by Crippen LogP contribution is -1.94. The second kappa shape index (κ2) is 5.65. The van der Waals surface area contributed by atoms with Crippen molar-refractivity contribution >= 4 is 8.60 Å². The third-order valence-electron chi connectivity index (χ3n) is 1.79. The molecule has 0 bridgehead atoms. The van der Waals surface area contributed by atoms with Crippen molar-refractivity contribution < 1.29 is 13.6 Å². The van der Waals surface area contributed by atoms with Crippen LogP contribution in [0.4, 0.5) is 0 Å². The van der Waals surface area contributed by atoms with E-state index in [0.717, 1.165) is 6.42 Å². The molecule has 1 aliphatic rings. The minimum atomic E-state index is -1.11. The number of allylic oxidation sites excluding steroid dienone is 1. The first kappa shape index (κ1) is 10.1. The monoisotopic (exact) mass is 190 g/mol. The van der Waals surface area contributed by atoms with E-state index >= 15 is 0 Å². The zero-order chi connectivity index (χ0) is 8.81. The summed E-state index contributed by atoms with van der Waals surface area (Å²) in [5.74, 6) is 0. The number of hydrogen-bond donors (Lipinski definition) is 0. The molecule has 0 aromatic heterocycles. The second-order valence-electron chi connectivity index (χ2n) is 2.62. The lowest BCUT2D eigenvalue weighted by Gasteiger charge is -2.11. The molecule has 0 saturated heterocycles. The molecule has 0 spiro atoms. The zero-order valence-corrected chi connectivity index (χ0v) is 8.47. The third-order valence-corrected chi connectivity index (χ3v) is 2.72. The topological polar surface area (TPSA) is 27.7 Å². The quantitative estimate of drug-likeness (QED) is 0.492. The van der Waals surface area contributed by atoms with E-state index in [1.807, 2.05) is 0 Å². The van der Waals surface area contributed by atoms with Crippen molar-refractivity contribution in [1.82, 2.24) is 0 Å². The maximum absolute atomic E-state index is 5.38. The van der Waals surface area contributed by atoms with E-state index in [-0.39, 0.29) is 0 Å². The van der Waals surface area contributed by atoms with Crippen LogP contribution in [0.1, 0.15) is 19.3 Å². The molecule has 12 heavy (non-hydrogen) atoms. The first-order chi connectivity index (χ1) is 5.86. The molecule has 0 radical (unpaired) electrons. The molecule has 0 atom stereocenters. The molecule has 70 valence electrons. The molecular formula is C8H15O3P. The van der Waals surface area contributed by atoms with Gasteiger partial charge in [0.05, 0.1) is 6.61 Å². The fraction of sp³-hybridized carbons (Fsp3) is 0.750. The van der Waals surface area contributed by atoms with Gasteiger partial charge >= 0.3 is 8.60 Å². The number of hydrogen-bond acceptors (Lipinski definition) is 3. The second-order valence-corrected chi connectivity index (χ2v) is 4.05. The summed E-state index contributed by atoms with van der Waals surface area (Å²) in [5, 5.41) is 0. The lowest BCUT2D eigenvalue weighted by molar-refractivity contribution is 0.218. The van der Waals surface area contributed by atoms with Crippen LogP contribution >= 0.6 is 8.60 Å². The summed E-state index contributed by atoms with van der Waals surface area (Å²) >= 11 is 0. The van der Waals surface area contributed by atoms with Crippen LogP contribution in [0.15, 0.2) is 11.6 Å². The van der Waals surface area contributed by atoms with Gasteiger partial charge in [-0.1, -0.05) is 6.08 Å². The Bertz CT molecular complexity index is 154. The van der Waals surface area contributed by atoms with Crippen molar-refractivity contribution in [2.75, 3.05) is 20.8 Å². The van der Waals surface area contributed by atoms with Crippen molar-refractivity contribution in [3.8, 4) is 0 Å². The Kier molecular flexibility index (Phi) is 4.77. The molecule has 0 heterocycles. The van der Waals surface area contributed by atoms with Crippen LogP contribution < -0.4 is 0 Å². The Morgan fingerprint density at radius 1 is 1.42 bits per heavy atom. The lowest BCUT2D eigenvalue weighted by atomic mass is 10.2. The molecule has 0 N–H and O–H groups in total. The largest absolute Gasteiger partial charge is 0.332 e. The predicted octanol–water partition coefficient (Wildman–Crippen LogP) is 2.63. The summed E-state index contributed by atoms with van der Waals surface area (Å²) in [6.45, 7) is 0.660. The molecule has 0 aliphatic heterocycles. The van der Waals surface area contributed by atoms with E-state index in [2.05, 4.69) is 6.08 Å². The third kappa shape index (κ3) is 3.20. The highest BCUT2D eigenvalue weighted by Crippen LogP contribution is 2.38. The van der Waals surface area contributed by atoms with E-state index in [1.165, 1.54) is 18.4 Å². The molecule has 1 rings (SSSR count). The summed E-state index contributed by atoms with van der Waals surface area (Å²) in [6.07, 6.45) is 5.85. The molecule has 0 saturated carbocycles. The van der Waals surface area contributed by atoms with E-state index in [4.69, 9.17) is 13.6 Å². The predicted molar refractivity (Wildman–Crippen MR) is 48.8 cm³/mol. The van der Waals surface area contributed by atoms with Crippen molar-refractivity contribution in [2.24, 2.45) is 0 Å². The Morgan fingerprint density at radius 3 is 2.67 bits per heavy atom. The zero-order valence-electron chi connectivity index (χ0n) is 7.58. The minimum Gasteiger partial charge on any atom is -0.316 e. The Hall–Kier alpha value is 0.0500. The van der Waals surface area contributed by atoms with Crippen LogP contribution in [-0.4, -0.2) is 20.8 Å². The molecular weight excluding hydrogens is 175 g/mol. The van der Waals surface area contributed by atoms with Crippen molar-refractivity contribution in [3.63, 3.8) is 0 Å². The van der Waals surface area contributed by atoms with E-state index in [0.29, 0.717) is 6.61 Å². The van der Waals surface area contributed by atoms with E-state index in [9.17, 15) is 0 Å². The van der Waals surface area contributed by atoms with Gasteiger partial charge in [0.2, 0.25) is 0 Å². The molecule has 0 unspecified atom stereocenters. The Balaban J connectivity index is 2.14. The maximum Gasteiger partial charge on any atom is 0.332 e. The highest BCUT2D eigenvalue weighted by atomic mass is 31.2. The van der Waals surface area contributed by atoms with Gasteiger partial charge in [0, 0.05) is 14.2 Å². The molecule has 3 nitrogen and oxygen atoms in total. The molecule has 0 amide bonds. The first-order valence-electron chi connectivity index (χ1n) is 4.06. The molecule has 4 heteroatoms. The van der Waals surface area contributed by atoms with Gasteiger partial charge in [0.25, 0.3) is 0 Å². The van der Waals surface area contributed by atoms with Crippen LogP contribution in [0.5, 0.6) is 0 Å². The maximum atomic E-state index is 5.38. The smallest absolute Gasteiger partial charge is 0.316 e. The molecule has 1 aliphatic carbocycles. The standard InChI is InChI=1S/C8H15O3P/c1-9-12(10-2)11-7-8-5-3-4-6-8/h5H,3-4,6-7H2,1-2H3. The van der Waals surface area contributed by atoms with Crippen molar-refractivity contribution in [3.05, 3.63) is 11.6 Å². The molecule has 0 aromatic rings. The fourth-order valence-corrected chi connectivity index (χ4v) is 1.82. The van der Waals surface area contributed by atoms with Crippen LogP contribution in [0.25, 0.3) is 0 Å². The van der Waals surface area contributed by atoms with Gasteiger partial charge in [-0.25, -0.2) is 0 Å². The minimum absolute atomic E-state index is 0.660. The van der Waals surface area contributed by atoms with Gasteiger partial charge in [0.1, 0.15) is 0 Å². The highest BCUT2D eigenvalue weighted by molar-refractivity contribution is 7.41. The van der Waals surface area contributed by atoms with E-state index < -0.39 is 8.60 Å². The summed E-state index contributed by atoms with van der Waals surface area (Å²) in [6, 6.07) is 0. The number of rotatable bonds is 5. The summed E-state index contributed by atoms with van der Waals surface area (Å²) < 4.78 is 15.3. The normalized spacial score (nSPS) is 17.1. The van der Waals surface area contributed by atoms with Crippen molar-refractivity contribution in [2.45, 2.75) is 19.3 Å². The Morgan fingerprint density at radius 2 is 2.17 bits per heavy atom. The highest BCUT2D eigenvalue weighted by Gasteiger charge is 2.10. The average molecular weight is 190 g/mol. The molecule has 0 fully saturated rings. The van der Waals surface area contributed by atoms with Gasteiger partial charge in [-0.3, -0.25) is 0 Å². The SMILES string of the molecule is COP(OC)OCC1=CCCC1. The van der Waals surface area contributed by atoms with Gasteiger partial charge < -0.3 is 13.6 Å². The average Bonchev–Trinajstić information content (AvgIpc) is 2.59. The van der Waals surface area contributed by atoms with Gasteiger partial charge in [0.15, 0.2) is 0 Å².